The molecule has 0 spiro atoms. The van der Waals surface area contributed by atoms with Crippen LogP contribution in [0.4, 0.5) is 0 Å². The van der Waals surface area contributed by atoms with E-state index in [-0.39, 0.29) is 42.0 Å². The molecule has 1 amide bonds. The van der Waals surface area contributed by atoms with Gasteiger partial charge < -0.3 is 20.3 Å². The van der Waals surface area contributed by atoms with E-state index in [0.717, 1.165) is 45.3 Å². The van der Waals surface area contributed by atoms with Gasteiger partial charge in [-0.3, -0.25) is 14.7 Å². The number of aliphatic imine (C=N–C) groups is 1. The highest BCUT2D eigenvalue weighted by molar-refractivity contribution is 14.0. The molecule has 2 N–H and O–H groups in total. The maximum absolute atomic E-state index is 11.9. The quantitative estimate of drug-likeness (QED) is 0.322. The number of hydrogen-bond donors (Lipinski definition) is 2. The average Bonchev–Trinajstić information content (AvgIpc) is 3.13. The van der Waals surface area contributed by atoms with Crippen LogP contribution in [0.5, 0.6) is 0 Å². The minimum absolute atomic E-state index is 0. The van der Waals surface area contributed by atoms with Gasteiger partial charge in [-0.05, 0) is 26.3 Å². The summed E-state index contributed by atoms with van der Waals surface area (Å²) >= 11 is 0. The number of likely N-dealkylation sites (tertiary alicyclic amines) is 1. The van der Waals surface area contributed by atoms with Gasteiger partial charge in [0.25, 0.3) is 0 Å². The first-order valence-electron chi connectivity index (χ1n) is 10.8. The van der Waals surface area contributed by atoms with E-state index in [1.54, 1.807) is 0 Å². The largest absolute Gasteiger partial charge is 0.373 e. The molecule has 2 aliphatic heterocycles. The number of nitrogens with one attached hydrogen (secondary N) is 2. The Balaban J connectivity index is 0.00000320. The molecular weight excluding hydrogens is 493 g/mol. The van der Waals surface area contributed by atoms with Crippen LogP contribution in [0, 0.1) is 0 Å². The summed E-state index contributed by atoms with van der Waals surface area (Å²) in [7, 11) is 0. The maximum atomic E-state index is 11.9. The number of carbonyl (C=O) groups excluding carboxylic acids is 1. The summed E-state index contributed by atoms with van der Waals surface area (Å²) in [5.74, 6) is 0.926. The highest BCUT2D eigenvalue weighted by atomic mass is 127. The van der Waals surface area contributed by atoms with Crippen molar-refractivity contribution >= 4 is 35.8 Å². The summed E-state index contributed by atoms with van der Waals surface area (Å²) in [6.45, 7) is 11.7. The summed E-state index contributed by atoms with van der Waals surface area (Å²) in [6, 6.07) is 11.1. The van der Waals surface area contributed by atoms with E-state index in [0.29, 0.717) is 19.0 Å². The van der Waals surface area contributed by atoms with Gasteiger partial charge in [0.2, 0.25) is 5.91 Å². The summed E-state index contributed by atoms with van der Waals surface area (Å²) in [5, 5.41) is 6.30. The molecule has 1 aromatic rings. The van der Waals surface area contributed by atoms with Crippen LogP contribution >= 0.6 is 24.0 Å². The number of nitrogens with zero attached hydrogens (tertiary/aromatic N) is 3. The first kappa shape index (κ1) is 24.9. The van der Waals surface area contributed by atoms with Gasteiger partial charge in [-0.25, -0.2) is 0 Å². The molecule has 168 valence electrons. The van der Waals surface area contributed by atoms with Gasteiger partial charge in [0, 0.05) is 45.2 Å². The Morgan fingerprint density at radius 2 is 2.03 bits per heavy atom. The molecule has 2 aliphatic rings. The molecule has 0 bridgehead atoms. The topological polar surface area (TPSA) is 69.2 Å². The summed E-state index contributed by atoms with van der Waals surface area (Å²) in [4.78, 5) is 21.4. The molecule has 0 aromatic heterocycles. The Labute approximate surface area is 197 Å². The number of fused-ring (bicyclic) bond motifs is 1. The fourth-order valence-electron chi connectivity index (χ4n) is 4.03. The standard InChI is InChI=1S/C22H35N5O2.HI/c1-4-23-22(24-11-10-21(28)25-17(2)3)27-15-19-20(16-27)29-13-12-26(19)14-18-8-6-5-7-9-18;/h5-9,17,19-20H,4,10-16H2,1-3H3,(H,23,24)(H,25,28);1H. The van der Waals surface area contributed by atoms with E-state index in [4.69, 9.17) is 9.73 Å². The lowest BCUT2D eigenvalue weighted by Crippen LogP contribution is -2.50. The molecule has 2 saturated heterocycles. The molecule has 2 heterocycles. The Kier molecular flexibility index (Phi) is 10.3. The first-order valence-corrected chi connectivity index (χ1v) is 10.8. The van der Waals surface area contributed by atoms with E-state index >= 15 is 0 Å². The monoisotopic (exact) mass is 529 g/mol. The number of halogens is 1. The molecular formula is C22H36IN5O2. The molecule has 0 saturated carbocycles. The number of amides is 1. The summed E-state index contributed by atoms with van der Waals surface area (Å²) in [5.41, 5.74) is 1.34. The van der Waals surface area contributed by atoms with Gasteiger partial charge in [-0.1, -0.05) is 30.3 Å². The van der Waals surface area contributed by atoms with E-state index in [1.807, 2.05) is 13.8 Å². The molecule has 2 unspecified atom stereocenters. The van der Waals surface area contributed by atoms with Crippen molar-refractivity contribution in [1.82, 2.24) is 20.4 Å². The fourth-order valence-corrected chi connectivity index (χ4v) is 4.03. The second-order valence-corrected chi connectivity index (χ2v) is 8.05. The lowest BCUT2D eigenvalue weighted by molar-refractivity contribution is -0.121. The van der Waals surface area contributed by atoms with Crippen LogP contribution in [0.3, 0.4) is 0 Å². The average molecular weight is 529 g/mol. The number of guanidine groups is 1. The van der Waals surface area contributed by atoms with Crippen molar-refractivity contribution in [3.63, 3.8) is 0 Å². The van der Waals surface area contributed by atoms with Crippen LogP contribution in [-0.2, 0) is 16.1 Å². The van der Waals surface area contributed by atoms with Crippen molar-refractivity contribution < 1.29 is 9.53 Å². The Bertz CT molecular complexity index is 685. The second-order valence-electron chi connectivity index (χ2n) is 8.05. The lowest BCUT2D eigenvalue weighted by atomic mass is 10.1. The van der Waals surface area contributed by atoms with Crippen molar-refractivity contribution in [3.8, 4) is 0 Å². The molecule has 8 heteroatoms. The number of benzene rings is 1. The van der Waals surface area contributed by atoms with Gasteiger partial charge in [0.15, 0.2) is 5.96 Å². The molecule has 2 fully saturated rings. The molecule has 30 heavy (non-hydrogen) atoms. The SMILES string of the molecule is CCNC(=NCCC(=O)NC(C)C)N1CC2OCCN(Cc3ccccc3)C2C1.I. The smallest absolute Gasteiger partial charge is 0.222 e. The third-order valence-electron chi connectivity index (χ3n) is 5.33. The molecule has 0 radical (unpaired) electrons. The number of ether oxygens (including phenoxy) is 1. The maximum Gasteiger partial charge on any atom is 0.222 e. The number of rotatable bonds is 7. The van der Waals surface area contributed by atoms with Crippen LogP contribution in [0.1, 0.15) is 32.8 Å². The minimum Gasteiger partial charge on any atom is -0.373 e. The van der Waals surface area contributed by atoms with E-state index < -0.39 is 0 Å². The zero-order valence-electron chi connectivity index (χ0n) is 18.3. The third-order valence-corrected chi connectivity index (χ3v) is 5.33. The van der Waals surface area contributed by atoms with Crippen LogP contribution in [0.15, 0.2) is 35.3 Å². The van der Waals surface area contributed by atoms with Crippen LogP contribution < -0.4 is 10.6 Å². The predicted octanol–water partition coefficient (Wildman–Crippen LogP) is 2.07. The van der Waals surface area contributed by atoms with Crippen molar-refractivity contribution in [2.24, 2.45) is 4.99 Å². The Morgan fingerprint density at radius 1 is 1.27 bits per heavy atom. The van der Waals surface area contributed by atoms with Crippen molar-refractivity contribution in [3.05, 3.63) is 35.9 Å². The molecule has 1 aromatic carbocycles. The van der Waals surface area contributed by atoms with Gasteiger partial charge in [0.05, 0.1) is 25.3 Å². The van der Waals surface area contributed by atoms with Gasteiger partial charge in [-0.15, -0.1) is 24.0 Å². The zero-order valence-corrected chi connectivity index (χ0v) is 20.7. The Hall–Kier alpha value is -1.39. The second kappa shape index (κ2) is 12.5. The highest BCUT2D eigenvalue weighted by Crippen LogP contribution is 2.24. The summed E-state index contributed by atoms with van der Waals surface area (Å²) < 4.78 is 6.08. The van der Waals surface area contributed by atoms with E-state index in [1.165, 1.54) is 5.56 Å². The van der Waals surface area contributed by atoms with Crippen LogP contribution in [-0.4, -0.2) is 79.2 Å². The highest BCUT2D eigenvalue weighted by Gasteiger charge is 2.41. The fraction of sp³-hybridized carbons (Fsp3) is 0.636. The minimum atomic E-state index is 0. The molecule has 2 atom stereocenters. The van der Waals surface area contributed by atoms with E-state index in [2.05, 4.69) is 57.7 Å². The van der Waals surface area contributed by atoms with Crippen molar-refractivity contribution in [2.75, 3.05) is 39.3 Å². The molecule has 7 nitrogen and oxygen atoms in total. The third kappa shape index (κ3) is 7.09. The normalized spacial score (nSPS) is 21.9. The molecule has 0 aliphatic carbocycles. The number of morpholine rings is 1. The summed E-state index contributed by atoms with van der Waals surface area (Å²) in [6.07, 6.45) is 0.602. The van der Waals surface area contributed by atoms with Crippen molar-refractivity contribution in [2.45, 2.75) is 51.9 Å². The zero-order chi connectivity index (χ0) is 20.6. The van der Waals surface area contributed by atoms with E-state index in [9.17, 15) is 4.79 Å². The lowest BCUT2D eigenvalue weighted by Gasteiger charge is -2.36. The van der Waals surface area contributed by atoms with Gasteiger partial charge >= 0.3 is 0 Å². The first-order chi connectivity index (χ1) is 14.1. The molecule has 3 rings (SSSR count). The predicted molar refractivity (Wildman–Crippen MR) is 131 cm³/mol. The Morgan fingerprint density at radius 3 is 2.73 bits per heavy atom. The number of carbonyl (C=O) groups is 1. The van der Waals surface area contributed by atoms with Crippen LogP contribution in [0.2, 0.25) is 0 Å². The van der Waals surface area contributed by atoms with Gasteiger partial charge in [0.1, 0.15) is 0 Å². The van der Waals surface area contributed by atoms with Crippen LogP contribution in [0.25, 0.3) is 0 Å². The van der Waals surface area contributed by atoms with Gasteiger partial charge in [-0.2, -0.15) is 0 Å². The van der Waals surface area contributed by atoms with Crippen molar-refractivity contribution in [1.29, 1.82) is 0 Å². The number of hydrogen-bond acceptors (Lipinski definition) is 4.